The molecule has 124 valence electrons. The molecule has 2 rings (SSSR count). The zero-order valence-electron chi connectivity index (χ0n) is 14.9. The van der Waals surface area contributed by atoms with Crippen LogP contribution < -0.4 is 10.6 Å². The maximum atomic E-state index is 4.57. The Morgan fingerprint density at radius 1 is 1.00 bits per heavy atom. The summed E-state index contributed by atoms with van der Waals surface area (Å²) in [7, 11) is 0. The first-order chi connectivity index (χ1) is 11.0. The SMILES string of the molecule is CCCNc1ccnc(Nc2c(C(C)C)cccc2C(C)C)n1. The highest BCUT2D eigenvalue weighted by atomic mass is 15.1. The molecule has 2 N–H and O–H groups in total. The molecule has 0 aliphatic carbocycles. The van der Waals surface area contributed by atoms with Crippen molar-refractivity contribution in [2.45, 2.75) is 52.9 Å². The summed E-state index contributed by atoms with van der Waals surface area (Å²) in [6, 6.07) is 8.39. The van der Waals surface area contributed by atoms with Crippen molar-refractivity contribution in [1.29, 1.82) is 0 Å². The summed E-state index contributed by atoms with van der Waals surface area (Å²) >= 11 is 0. The largest absolute Gasteiger partial charge is 0.370 e. The summed E-state index contributed by atoms with van der Waals surface area (Å²) in [5.41, 5.74) is 3.74. The molecule has 4 nitrogen and oxygen atoms in total. The van der Waals surface area contributed by atoms with Gasteiger partial charge in [0, 0.05) is 18.4 Å². The number of nitrogens with one attached hydrogen (secondary N) is 2. The van der Waals surface area contributed by atoms with Crippen LogP contribution in [-0.2, 0) is 0 Å². The molecule has 1 heterocycles. The van der Waals surface area contributed by atoms with Crippen LogP contribution in [0.1, 0.15) is 64.0 Å². The number of anilines is 3. The van der Waals surface area contributed by atoms with Crippen molar-refractivity contribution in [2.75, 3.05) is 17.2 Å². The van der Waals surface area contributed by atoms with Crippen LogP contribution in [0.15, 0.2) is 30.5 Å². The van der Waals surface area contributed by atoms with Gasteiger partial charge in [0.05, 0.1) is 0 Å². The molecule has 4 heteroatoms. The third-order valence-electron chi connectivity index (χ3n) is 3.82. The lowest BCUT2D eigenvalue weighted by Crippen LogP contribution is -2.08. The minimum atomic E-state index is 0.442. The molecular formula is C19H28N4. The summed E-state index contributed by atoms with van der Waals surface area (Å²) in [6.45, 7) is 11.9. The van der Waals surface area contributed by atoms with E-state index in [4.69, 9.17) is 0 Å². The van der Waals surface area contributed by atoms with Gasteiger partial charge in [-0.05, 0) is 35.4 Å². The lowest BCUT2D eigenvalue weighted by molar-refractivity contribution is 0.837. The Balaban J connectivity index is 2.35. The minimum absolute atomic E-state index is 0.442. The van der Waals surface area contributed by atoms with E-state index in [9.17, 15) is 0 Å². The van der Waals surface area contributed by atoms with Crippen molar-refractivity contribution in [3.05, 3.63) is 41.6 Å². The van der Waals surface area contributed by atoms with Gasteiger partial charge >= 0.3 is 0 Å². The van der Waals surface area contributed by atoms with Crippen LogP contribution in [0.2, 0.25) is 0 Å². The fraction of sp³-hybridized carbons (Fsp3) is 0.474. The number of aromatic nitrogens is 2. The van der Waals surface area contributed by atoms with E-state index < -0.39 is 0 Å². The number of hydrogen-bond donors (Lipinski definition) is 2. The zero-order chi connectivity index (χ0) is 16.8. The second kappa shape index (κ2) is 7.95. The first-order valence-electron chi connectivity index (χ1n) is 8.49. The Hall–Kier alpha value is -2.10. The molecule has 23 heavy (non-hydrogen) atoms. The number of nitrogens with zero attached hydrogens (tertiary/aromatic N) is 2. The highest BCUT2D eigenvalue weighted by Crippen LogP contribution is 2.33. The average molecular weight is 312 g/mol. The van der Waals surface area contributed by atoms with Gasteiger partial charge in [0.15, 0.2) is 0 Å². The van der Waals surface area contributed by atoms with Gasteiger partial charge in [0.1, 0.15) is 5.82 Å². The molecule has 2 aromatic rings. The first kappa shape index (κ1) is 17.3. The van der Waals surface area contributed by atoms with Crippen molar-refractivity contribution in [2.24, 2.45) is 0 Å². The summed E-state index contributed by atoms with van der Waals surface area (Å²) in [4.78, 5) is 8.95. The molecule has 0 radical (unpaired) electrons. The van der Waals surface area contributed by atoms with Crippen molar-refractivity contribution < 1.29 is 0 Å². The maximum Gasteiger partial charge on any atom is 0.229 e. The van der Waals surface area contributed by atoms with Crippen molar-refractivity contribution in [1.82, 2.24) is 9.97 Å². The molecule has 0 fully saturated rings. The number of para-hydroxylation sites is 1. The third kappa shape index (κ3) is 4.44. The average Bonchev–Trinajstić information content (AvgIpc) is 2.53. The zero-order valence-corrected chi connectivity index (χ0v) is 14.9. The minimum Gasteiger partial charge on any atom is -0.370 e. The van der Waals surface area contributed by atoms with Gasteiger partial charge in [-0.3, -0.25) is 0 Å². The summed E-state index contributed by atoms with van der Waals surface area (Å²) in [5, 5.41) is 6.76. The topological polar surface area (TPSA) is 49.8 Å². The standard InChI is InChI=1S/C19H28N4/c1-6-11-20-17-10-12-21-19(22-17)23-18-15(13(2)3)8-7-9-16(18)14(4)5/h7-10,12-14H,6,11H2,1-5H3,(H2,20,21,22,23). The van der Waals surface area contributed by atoms with E-state index in [2.05, 4.69) is 73.4 Å². The molecule has 0 unspecified atom stereocenters. The van der Waals surface area contributed by atoms with Crippen LogP contribution in [0.4, 0.5) is 17.5 Å². The quantitative estimate of drug-likeness (QED) is 0.729. The Morgan fingerprint density at radius 2 is 1.65 bits per heavy atom. The second-order valence-electron chi connectivity index (χ2n) is 6.44. The van der Waals surface area contributed by atoms with Crippen molar-refractivity contribution in [3.8, 4) is 0 Å². The summed E-state index contributed by atoms with van der Waals surface area (Å²) < 4.78 is 0. The number of hydrogen-bond acceptors (Lipinski definition) is 4. The van der Waals surface area contributed by atoms with Gasteiger partial charge in [0.25, 0.3) is 0 Å². The molecule has 0 spiro atoms. The number of rotatable bonds is 7. The van der Waals surface area contributed by atoms with Gasteiger partial charge in [-0.1, -0.05) is 52.8 Å². The Kier molecular flexibility index (Phi) is 5.97. The fourth-order valence-electron chi connectivity index (χ4n) is 2.58. The van der Waals surface area contributed by atoms with Crippen LogP contribution in [0, 0.1) is 0 Å². The lowest BCUT2D eigenvalue weighted by atomic mass is 9.93. The number of benzene rings is 1. The van der Waals surface area contributed by atoms with E-state index in [-0.39, 0.29) is 0 Å². The van der Waals surface area contributed by atoms with Crippen molar-refractivity contribution in [3.63, 3.8) is 0 Å². The fourth-order valence-corrected chi connectivity index (χ4v) is 2.58. The molecule has 0 atom stereocenters. The maximum absolute atomic E-state index is 4.57. The molecule has 0 aliphatic rings. The molecule has 0 aliphatic heterocycles. The first-order valence-corrected chi connectivity index (χ1v) is 8.49. The van der Waals surface area contributed by atoms with E-state index in [1.54, 1.807) is 6.20 Å². The summed E-state index contributed by atoms with van der Waals surface area (Å²) in [6.07, 6.45) is 2.86. The Morgan fingerprint density at radius 3 is 2.22 bits per heavy atom. The monoisotopic (exact) mass is 312 g/mol. The van der Waals surface area contributed by atoms with E-state index in [0.717, 1.165) is 24.5 Å². The van der Waals surface area contributed by atoms with E-state index in [1.165, 1.54) is 11.1 Å². The third-order valence-corrected chi connectivity index (χ3v) is 3.82. The van der Waals surface area contributed by atoms with E-state index in [1.807, 2.05) is 6.07 Å². The molecule has 0 amide bonds. The molecule has 1 aromatic carbocycles. The van der Waals surface area contributed by atoms with Crippen LogP contribution in [0.3, 0.4) is 0 Å². The van der Waals surface area contributed by atoms with Crippen LogP contribution in [-0.4, -0.2) is 16.5 Å². The Labute approximate surface area is 139 Å². The van der Waals surface area contributed by atoms with E-state index in [0.29, 0.717) is 17.8 Å². The highest BCUT2D eigenvalue weighted by molar-refractivity contribution is 5.65. The smallest absolute Gasteiger partial charge is 0.229 e. The van der Waals surface area contributed by atoms with Crippen molar-refractivity contribution >= 4 is 17.5 Å². The Bertz CT molecular complexity index is 609. The predicted octanol–water partition coefficient (Wildman–Crippen LogP) is 5.29. The van der Waals surface area contributed by atoms with Gasteiger partial charge in [-0.25, -0.2) is 4.98 Å². The van der Waals surface area contributed by atoms with Gasteiger partial charge in [-0.15, -0.1) is 0 Å². The molecular weight excluding hydrogens is 284 g/mol. The lowest BCUT2D eigenvalue weighted by Gasteiger charge is -2.20. The normalized spacial score (nSPS) is 11.1. The second-order valence-corrected chi connectivity index (χ2v) is 6.44. The van der Waals surface area contributed by atoms with Crippen LogP contribution in [0.25, 0.3) is 0 Å². The van der Waals surface area contributed by atoms with Gasteiger partial charge < -0.3 is 10.6 Å². The highest BCUT2D eigenvalue weighted by Gasteiger charge is 2.14. The van der Waals surface area contributed by atoms with E-state index >= 15 is 0 Å². The predicted molar refractivity (Wildman–Crippen MR) is 98.7 cm³/mol. The molecule has 0 saturated carbocycles. The van der Waals surface area contributed by atoms with Crippen LogP contribution >= 0.6 is 0 Å². The molecule has 1 aromatic heterocycles. The van der Waals surface area contributed by atoms with Gasteiger partial charge in [-0.2, -0.15) is 4.98 Å². The molecule has 0 saturated heterocycles. The van der Waals surface area contributed by atoms with Crippen LogP contribution in [0.5, 0.6) is 0 Å². The molecule has 0 bridgehead atoms. The van der Waals surface area contributed by atoms with Gasteiger partial charge in [0.2, 0.25) is 5.95 Å². The summed E-state index contributed by atoms with van der Waals surface area (Å²) in [5.74, 6) is 2.38.